The second-order valence-electron chi connectivity index (χ2n) is 11.1. The number of benzene rings is 1. The van der Waals surface area contributed by atoms with Gasteiger partial charge < -0.3 is 29.1 Å². The molecule has 1 saturated heterocycles. The topological polar surface area (TPSA) is 78.5 Å². The number of carbonyl (C=O) groups excluding carboxylic acids is 2. The molecule has 1 fully saturated rings. The SMILES string of the molecule is C[C@@H]1CN2c3c4c(nc5c(F)c(Br)c(Cl)cc35)O[C@H](CN(C)C)CN4C(=O)[C@H]2CN1C(=O)OC(C)(C)C. The van der Waals surface area contributed by atoms with Gasteiger partial charge in [0.15, 0.2) is 5.82 Å². The van der Waals surface area contributed by atoms with Crippen LogP contribution in [0.3, 0.4) is 0 Å². The number of carbonyl (C=O) groups is 2. The van der Waals surface area contributed by atoms with Crippen molar-refractivity contribution in [3.63, 3.8) is 0 Å². The fourth-order valence-corrected chi connectivity index (χ4v) is 5.75. The molecule has 0 saturated carbocycles. The Labute approximate surface area is 228 Å². The van der Waals surface area contributed by atoms with Crippen LogP contribution < -0.4 is 14.5 Å². The van der Waals surface area contributed by atoms with Gasteiger partial charge in [0.05, 0.1) is 28.3 Å². The average molecular weight is 599 g/mol. The molecule has 12 heteroatoms. The first-order chi connectivity index (χ1) is 17.3. The maximum Gasteiger partial charge on any atom is 0.410 e. The second kappa shape index (κ2) is 9.13. The number of hydrogen-bond acceptors (Lipinski definition) is 7. The number of amides is 2. The zero-order valence-electron chi connectivity index (χ0n) is 21.6. The number of fused-ring (bicyclic) bond motifs is 4. The molecular weight excluding hydrogens is 569 g/mol. The Morgan fingerprint density at radius 3 is 2.65 bits per heavy atom. The molecule has 37 heavy (non-hydrogen) atoms. The van der Waals surface area contributed by atoms with E-state index in [9.17, 15) is 9.59 Å². The molecule has 1 aromatic carbocycles. The van der Waals surface area contributed by atoms with E-state index < -0.39 is 23.6 Å². The lowest BCUT2D eigenvalue weighted by Crippen LogP contribution is -2.67. The lowest BCUT2D eigenvalue weighted by atomic mass is 9.97. The van der Waals surface area contributed by atoms with Crippen LogP contribution in [0.5, 0.6) is 5.88 Å². The Bertz CT molecular complexity index is 1300. The van der Waals surface area contributed by atoms with Gasteiger partial charge in [-0.05, 0) is 63.8 Å². The van der Waals surface area contributed by atoms with E-state index >= 15 is 4.39 Å². The number of rotatable bonds is 2. The third kappa shape index (κ3) is 4.48. The number of hydrogen-bond donors (Lipinski definition) is 0. The van der Waals surface area contributed by atoms with Crippen molar-refractivity contribution >= 4 is 61.8 Å². The Hall–Kier alpha value is -2.37. The van der Waals surface area contributed by atoms with Gasteiger partial charge in [0.25, 0.3) is 5.91 Å². The van der Waals surface area contributed by atoms with Gasteiger partial charge in [-0.1, -0.05) is 11.6 Å². The van der Waals surface area contributed by atoms with E-state index in [1.54, 1.807) is 15.9 Å². The summed E-state index contributed by atoms with van der Waals surface area (Å²) in [6, 6.07) is 0.707. The van der Waals surface area contributed by atoms with Gasteiger partial charge in [-0.3, -0.25) is 4.79 Å². The van der Waals surface area contributed by atoms with Crippen molar-refractivity contribution in [1.29, 1.82) is 0 Å². The Kier molecular flexibility index (Phi) is 6.48. The zero-order chi connectivity index (χ0) is 27.0. The minimum Gasteiger partial charge on any atom is -0.470 e. The van der Waals surface area contributed by atoms with Crippen LogP contribution in [-0.2, 0) is 9.53 Å². The van der Waals surface area contributed by atoms with E-state index in [-0.39, 0.29) is 45.5 Å². The summed E-state index contributed by atoms with van der Waals surface area (Å²) in [4.78, 5) is 38.7. The van der Waals surface area contributed by atoms with E-state index in [0.717, 1.165) is 0 Å². The first kappa shape index (κ1) is 26.2. The summed E-state index contributed by atoms with van der Waals surface area (Å²) in [6.07, 6.45) is -0.830. The molecule has 4 heterocycles. The second-order valence-corrected chi connectivity index (χ2v) is 12.3. The van der Waals surface area contributed by atoms with Gasteiger partial charge in [0.2, 0.25) is 5.88 Å². The van der Waals surface area contributed by atoms with Gasteiger partial charge in [0, 0.05) is 24.5 Å². The predicted octanol–water partition coefficient (Wildman–Crippen LogP) is 4.27. The van der Waals surface area contributed by atoms with Crippen LogP contribution in [0.1, 0.15) is 27.7 Å². The molecule has 3 atom stereocenters. The third-order valence-electron chi connectivity index (χ3n) is 6.74. The smallest absolute Gasteiger partial charge is 0.410 e. The number of nitrogens with zero attached hydrogens (tertiary/aromatic N) is 5. The maximum atomic E-state index is 15.4. The normalized spacial score (nSPS) is 23.2. The monoisotopic (exact) mass is 597 g/mol. The fraction of sp³-hybridized carbons (Fsp3) is 0.560. The number of ether oxygens (including phenoxy) is 2. The molecule has 0 unspecified atom stereocenters. The van der Waals surface area contributed by atoms with Crippen molar-refractivity contribution in [1.82, 2.24) is 14.8 Å². The molecule has 0 aliphatic carbocycles. The van der Waals surface area contributed by atoms with Crippen LogP contribution in [0.2, 0.25) is 5.02 Å². The number of anilines is 2. The van der Waals surface area contributed by atoms with Crippen molar-refractivity contribution in [2.75, 3.05) is 50.1 Å². The van der Waals surface area contributed by atoms with Crippen LogP contribution in [0.25, 0.3) is 10.9 Å². The largest absolute Gasteiger partial charge is 0.470 e. The van der Waals surface area contributed by atoms with Crippen molar-refractivity contribution in [3.8, 4) is 5.88 Å². The number of halogens is 3. The van der Waals surface area contributed by atoms with E-state index in [1.807, 2.05) is 51.6 Å². The highest BCUT2D eigenvalue weighted by Crippen LogP contribution is 2.51. The van der Waals surface area contributed by atoms with Crippen LogP contribution in [0.15, 0.2) is 10.5 Å². The molecule has 0 bridgehead atoms. The summed E-state index contributed by atoms with van der Waals surface area (Å²) < 4.78 is 27.4. The quantitative estimate of drug-likeness (QED) is 0.478. The summed E-state index contributed by atoms with van der Waals surface area (Å²) in [6.45, 7) is 8.66. The van der Waals surface area contributed by atoms with E-state index in [1.165, 1.54) is 0 Å². The molecule has 1 aromatic heterocycles. The molecule has 3 aliphatic heterocycles. The van der Waals surface area contributed by atoms with Crippen molar-refractivity contribution in [2.24, 2.45) is 0 Å². The number of aromatic nitrogens is 1. The molecule has 2 amide bonds. The Balaban J connectivity index is 1.67. The molecule has 0 N–H and O–H groups in total. The summed E-state index contributed by atoms with van der Waals surface area (Å²) in [5.41, 5.74) is 0.584. The van der Waals surface area contributed by atoms with E-state index in [4.69, 9.17) is 21.1 Å². The summed E-state index contributed by atoms with van der Waals surface area (Å²) in [5, 5.41) is 0.685. The number of piperazine rings is 1. The van der Waals surface area contributed by atoms with Gasteiger partial charge >= 0.3 is 6.09 Å². The molecule has 0 radical (unpaired) electrons. The molecule has 9 nitrogen and oxygen atoms in total. The molecule has 0 spiro atoms. The van der Waals surface area contributed by atoms with Crippen LogP contribution in [-0.4, -0.2) is 90.8 Å². The predicted molar refractivity (Wildman–Crippen MR) is 143 cm³/mol. The van der Waals surface area contributed by atoms with Gasteiger partial charge in [-0.15, -0.1) is 0 Å². The van der Waals surface area contributed by atoms with Crippen molar-refractivity contribution in [2.45, 2.75) is 51.5 Å². The molecule has 3 aliphatic rings. The summed E-state index contributed by atoms with van der Waals surface area (Å²) in [5.74, 6) is -0.547. The summed E-state index contributed by atoms with van der Waals surface area (Å²) >= 11 is 9.60. The minimum atomic E-state index is -0.682. The first-order valence-corrected chi connectivity index (χ1v) is 13.3. The van der Waals surface area contributed by atoms with Crippen LogP contribution in [0.4, 0.5) is 20.6 Å². The van der Waals surface area contributed by atoms with Crippen molar-refractivity contribution in [3.05, 3.63) is 21.4 Å². The van der Waals surface area contributed by atoms with Crippen LogP contribution >= 0.6 is 27.5 Å². The van der Waals surface area contributed by atoms with E-state index in [0.29, 0.717) is 36.4 Å². The highest BCUT2D eigenvalue weighted by molar-refractivity contribution is 9.10. The standard InChI is InChI=1S/C25H30BrClFN5O4/c1-12-8-32-16(11-31(12)24(35)37-25(2,3)4)23(34)33-10-13(9-30(5)6)36-22-21(33)20(32)14-7-15(27)17(26)18(28)19(14)29-22/h7,12-13,16H,8-11H2,1-6H3/t12-,13-,16-/m1/s1. The van der Waals surface area contributed by atoms with Gasteiger partial charge in [-0.25, -0.2) is 14.2 Å². The number of likely N-dealkylation sites (N-methyl/N-ethyl adjacent to an activating group) is 1. The summed E-state index contributed by atoms with van der Waals surface area (Å²) in [7, 11) is 3.83. The lowest BCUT2D eigenvalue weighted by Gasteiger charge is -2.52. The zero-order valence-corrected chi connectivity index (χ0v) is 24.0. The molecular formula is C25H30BrClFN5O4. The van der Waals surface area contributed by atoms with E-state index in [2.05, 4.69) is 20.9 Å². The molecule has 5 rings (SSSR count). The molecule has 200 valence electrons. The Morgan fingerprint density at radius 2 is 2.00 bits per heavy atom. The minimum absolute atomic E-state index is 0.103. The highest BCUT2D eigenvalue weighted by atomic mass is 79.9. The first-order valence-electron chi connectivity index (χ1n) is 12.2. The van der Waals surface area contributed by atoms with Gasteiger partial charge in [0.1, 0.15) is 29.0 Å². The van der Waals surface area contributed by atoms with Crippen molar-refractivity contribution < 1.29 is 23.5 Å². The highest BCUT2D eigenvalue weighted by Gasteiger charge is 2.49. The average Bonchev–Trinajstić information content (AvgIpc) is 2.78. The molecule has 2 aromatic rings. The Morgan fingerprint density at radius 1 is 1.30 bits per heavy atom. The fourth-order valence-electron chi connectivity index (χ4n) is 5.26. The lowest BCUT2D eigenvalue weighted by molar-refractivity contribution is -0.121. The maximum absolute atomic E-state index is 15.4. The van der Waals surface area contributed by atoms with Crippen LogP contribution in [0, 0.1) is 5.82 Å². The third-order valence-corrected chi connectivity index (χ3v) is 8.04. The number of pyridine rings is 1. The van der Waals surface area contributed by atoms with Gasteiger partial charge in [-0.2, -0.15) is 0 Å².